The molecule has 0 spiro atoms. The number of benzene rings is 1. The fraction of sp³-hybridized carbons (Fsp3) is 0.312. The van der Waals surface area contributed by atoms with Crippen molar-refractivity contribution in [3.05, 3.63) is 41.0 Å². The van der Waals surface area contributed by atoms with Crippen LogP contribution in [0.5, 0.6) is 0 Å². The normalized spacial score (nSPS) is 18.1. The molecule has 0 fully saturated rings. The van der Waals surface area contributed by atoms with E-state index < -0.39 is 0 Å². The van der Waals surface area contributed by atoms with Gasteiger partial charge in [0.1, 0.15) is 5.58 Å². The fourth-order valence-corrected chi connectivity index (χ4v) is 4.19. The minimum absolute atomic E-state index is 0.902. The van der Waals surface area contributed by atoms with Gasteiger partial charge in [-0.05, 0) is 18.6 Å². The summed E-state index contributed by atoms with van der Waals surface area (Å²) in [5.41, 5.74) is 3.51. The Morgan fingerprint density at radius 3 is 3.20 bits per heavy atom. The molecule has 0 saturated heterocycles. The van der Waals surface area contributed by atoms with Crippen molar-refractivity contribution in [3.63, 3.8) is 0 Å². The Bertz CT molecular complexity index is 729. The number of fused-ring (bicyclic) bond motifs is 2. The monoisotopic (exact) mass is 284 g/mol. The third-order valence-electron chi connectivity index (χ3n) is 3.76. The van der Waals surface area contributed by atoms with Gasteiger partial charge in [0.25, 0.3) is 0 Å². The molecule has 1 aromatic carbocycles. The molecule has 0 saturated carbocycles. The summed E-state index contributed by atoms with van der Waals surface area (Å²) in [5.74, 6) is 0. The highest BCUT2D eigenvalue weighted by atomic mass is 32.2. The van der Waals surface area contributed by atoms with Crippen LogP contribution in [0.25, 0.3) is 16.7 Å². The van der Waals surface area contributed by atoms with Crippen LogP contribution in [-0.2, 0) is 0 Å². The lowest BCUT2D eigenvalue weighted by atomic mass is 10.1. The van der Waals surface area contributed by atoms with E-state index in [4.69, 9.17) is 4.42 Å². The standard InChI is InChI=1S/C16H16N2OS/c1-2-4-13-14(18-9-8-17-16(18)20-13)12-6-3-5-11-7-10-19-15(11)12/h3,5-7,10H,2,4,8-9H2,1H3. The molecule has 0 radical (unpaired) electrons. The molecule has 2 aliphatic rings. The summed E-state index contributed by atoms with van der Waals surface area (Å²) < 4.78 is 5.73. The highest BCUT2D eigenvalue weighted by Crippen LogP contribution is 2.45. The first-order valence-corrected chi connectivity index (χ1v) is 7.89. The van der Waals surface area contributed by atoms with E-state index in [1.165, 1.54) is 21.6 Å². The Balaban J connectivity index is 1.91. The minimum atomic E-state index is 0.902. The highest BCUT2D eigenvalue weighted by Gasteiger charge is 2.33. The predicted octanol–water partition coefficient (Wildman–Crippen LogP) is 4.32. The van der Waals surface area contributed by atoms with E-state index in [0.717, 1.165) is 36.7 Å². The Hall–Kier alpha value is -1.68. The molecule has 0 amide bonds. The molecule has 0 aliphatic carbocycles. The molecule has 20 heavy (non-hydrogen) atoms. The second kappa shape index (κ2) is 4.70. The first kappa shape index (κ1) is 12.1. The third kappa shape index (κ3) is 1.71. The molecule has 1 aromatic heterocycles. The molecule has 0 bridgehead atoms. The SMILES string of the molecule is CCCC1=C(c2cccc3ccoc23)N2CCN=C2S1. The van der Waals surface area contributed by atoms with Gasteiger partial charge in [0, 0.05) is 22.4 Å². The number of hydrogen-bond donors (Lipinski definition) is 0. The van der Waals surface area contributed by atoms with Gasteiger partial charge >= 0.3 is 0 Å². The highest BCUT2D eigenvalue weighted by molar-refractivity contribution is 8.17. The van der Waals surface area contributed by atoms with Crippen molar-refractivity contribution in [3.8, 4) is 0 Å². The molecule has 2 aromatic rings. The average molecular weight is 284 g/mol. The lowest BCUT2D eigenvalue weighted by Gasteiger charge is -2.17. The van der Waals surface area contributed by atoms with Crippen molar-refractivity contribution in [1.82, 2.24) is 4.90 Å². The zero-order valence-corrected chi connectivity index (χ0v) is 12.2. The molecule has 0 N–H and O–H groups in total. The van der Waals surface area contributed by atoms with Crippen LogP contribution < -0.4 is 0 Å². The minimum Gasteiger partial charge on any atom is -0.464 e. The third-order valence-corrected chi connectivity index (χ3v) is 4.94. The lowest BCUT2D eigenvalue weighted by Crippen LogP contribution is -2.20. The van der Waals surface area contributed by atoms with Crippen LogP contribution in [0.2, 0.25) is 0 Å². The molecule has 0 unspecified atom stereocenters. The Morgan fingerprint density at radius 1 is 1.35 bits per heavy atom. The smallest absolute Gasteiger partial charge is 0.168 e. The van der Waals surface area contributed by atoms with Crippen LogP contribution in [0, 0.1) is 0 Å². The second-order valence-electron chi connectivity index (χ2n) is 5.08. The number of thioether (sulfide) groups is 1. The summed E-state index contributed by atoms with van der Waals surface area (Å²) in [6, 6.07) is 8.40. The van der Waals surface area contributed by atoms with Gasteiger partial charge in [-0.2, -0.15) is 0 Å². The van der Waals surface area contributed by atoms with E-state index in [0.29, 0.717) is 0 Å². The van der Waals surface area contributed by atoms with Crippen molar-refractivity contribution in [2.45, 2.75) is 19.8 Å². The van der Waals surface area contributed by atoms with Crippen LogP contribution in [0.1, 0.15) is 25.3 Å². The molecule has 102 valence electrons. The molecule has 0 atom stereocenters. The number of allylic oxidation sites excluding steroid dienone is 1. The summed E-state index contributed by atoms with van der Waals surface area (Å²) in [4.78, 5) is 8.39. The van der Waals surface area contributed by atoms with E-state index in [2.05, 4.69) is 35.0 Å². The summed E-state index contributed by atoms with van der Waals surface area (Å²) in [6.45, 7) is 4.12. The topological polar surface area (TPSA) is 28.7 Å². The van der Waals surface area contributed by atoms with Gasteiger partial charge in [0.2, 0.25) is 0 Å². The predicted molar refractivity (Wildman–Crippen MR) is 84.6 cm³/mol. The van der Waals surface area contributed by atoms with E-state index in [1.807, 2.05) is 17.8 Å². The van der Waals surface area contributed by atoms with Crippen LogP contribution in [0.3, 0.4) is 0 Å². The van der Waals surface area contributed by atoms with Gasteiger partial charge in [0.15, 0.2) is 5.17 Å². The number of rotatable bonds is 3. The molecular formula is C16H16N2OS. The maximum absolute atomic E-state index is 5.73. The van der Waals surface area contributed by atoms with E-state index in [-0.39, 0.29) is 0 Å². The van der Waals surface area contributed by atoms with Crippen molar-refractivity contribution < 1.29 is 4.42 Å². The van der Waals surface area contributed by atoms with Gasteiger partial charge in [-0.25, -0.2) is 0 Å². The number of para-hydroxylation sites is 1. The van der Waals surface area contributed by atoms with Gasteiger partial charge in [0.05, 0.1) is 18.5 Å². The first-order chi connectivity index (χ1) is 9.88. The number of furan rings is 1. The molecule has 3 nitrogen and oxygen atoms in total. The summed E-state index contributed by atoms with van der Waals surface area (Å²) in [6.07, 6.45) is 4.03. The zero-order chi connectivity index (χ0) is 13.5. The quantitative estimate of drug-likeness (QED) is 0.840. The molecule has 2 aliphatic heterocycles. The Morgan fingerprint density at radius 2 is 2.30 bits per heavy atom. The number of nitrogens with zero attached hydrogens (tertiary/aromatic N) is 2. The molecule has 3 heterocycles. The summed E-state index contributed by atoms with van der Waals surface area (Å²) in [5, 5.41) is 2.33. The maximum Gasteiger partial charge on any atom is 0.168 e. The summed E-state index contributed by atoms with van der Waals surface area (Å²) >= 11 is 1.83. The van der Waals surface area contributed by atoms with Crippen molar-refractivity contribution in [2.75, 3.05) is 13.1 Å². The van der Waals surface area contributed by atoms with E-state index in [1.54, 1.807) is 6.26 Å². The average Bonchev–Trinajstić information content (AvgIpc) is 3.12. The van der Waals surface area contributed by atoms with Crippen LogP contribution in [-0.4, -0.2) is 23.2 Å². The number of hydrogen-bond acceptors (Lipinski definition) is 4. The van der Waals surface area contributed by atoms with Crippen LogP contribution in [0.15, 0.2) is 44.8 Å². The van der Waals surface area contributed by atoms with Gasteiger partial charge in [-0.15, -0.1) is 0 Å². The molecular weight excluding hydrogens is 268 g/mol. The van der Waals surface area contributed by atoms with Crippen LogP contribution in [0.4, 0.5) is 0 Å². The first-order valence-electron chi connectivity index (χ1n) is 7.08. The zero-order valence-electron chi connectivity index (χ0n) is 11.4. The lowest BCUT2D eigenvalue weighted by molar-refractivity contribution is 0.607. The van der Waals surface area contributed by atoms with Crippen molar-refractivity contribution in [1.29, 1.82) is 0 Å². The largest absolute Gasteiger partial charge is 0.464 e. The van der Waals surface area contributed by atoms with Gasteiger partial charge in [-0.3, -0.25) is 4.99 Å². The van der Waals surface area contributed by atoms with Gasteiger partial charge in [-0.1, -0.05) is 37.2 Å². The molecule has 4 heteroatoms. The summed E-state index contributed by atoms with van der Waals surface area (Å²) in [7, 11) is 0. The fourth-order valence-electron chi connectivity index (χ4n) is 2.90. The van der Waals surface area contributed by atoms with Crippen LogP contribution >= 0.6 is 11.8 Å². The van der Waals surface area contributed by atoms with E-state index >= 15 is 0 Å². The Labute approximate surface area is 122 Å². The molecule has 4 rings (SSSR count). The second-order valence-corrected chi connectivity index (χ2v) is 6.15. The maximum atomic E-state index is 5.73. The van der Waals surface area contributed by atoms with Crippen molar-refractivity contribution >= 4 is 33.6 Å². The van der Waals surface area contributed by atoms with E-state index in [9.17, 15) is 0 Å². The van der Waals surface area contributed by atoms with Gasteiger partial charge < -0.3 is 9.32 Å². The Kier molecular flexibility index (Phi) is 2.84. The van der Waals surface area contributed by atoms with Crippen molar-refractivity contribution in [2.24, 2.45) is 4.99 Å². The number of aliphatic imine (C=N–C) groups is 1. The number of amidine groups is 1.